The lowest BCUT2D eigenvalue weighted by Gasteiger charge is -2.28. The Balaban J connectivity index is 1.53. The highest BCUT2D eigenvalue weighted by Gasteiger charge is 2.25. The van der Waals surface area contributed by atoms with E-state index in [1.165, 1.54) is 36.0 Å². The van der Waals surface area contributed by atoms with Crippen LogP contribution in [-0.2, 0) is 12.8 Å². The van der Waals surface area contributed by atoms with Gasteiger partial charge in [-0.05, 0) is 99.4 Å². The van der Waals surface area contributed by atoms with E-state index < -0.39 is 0 Å². The molecule has 1 heteroatoms. The molecular weight excluding hydrogens is 458 g/mol. The van der Waals surface area contributed by atoms with E-state index in [1.54, 1.807) is 0 Å². The first-order chi connectivity index (χ1) is 18.2. The molecular formula is C37H51N. The van der Waals surface area contributed by atoms with Crippen LogP contribution in [0.5, 0.6) is 0 Å². The van der Waals surface area contributed by atoms with E-state index in [4.69, 9.17) is 0 Å². The molecule has 1 aromatic carbocycles. The van der Waals surface area contributed by atoms with Crippen molar-refractivity contribution in [2.45, 2.75) is 72.3 Å². The number of aryl methyl sites for hydroxylation is 1. The lowest BCUT2D eigenvalue weighted by Crippen LogP contribution is -2.32. The summed E-state index contributed by atoms with van der Waals surface area (Å²) < 4.78 is 0. The number of allylic oxidation sites excluding steroid dienone is 12. The highest BCUT2D eigenvalue weighted by atomic mass is 15.1. The second-order valence-corrected chi connectivity index (χ2v) is 12.4. The topological polar surface area (TPSA) is 3.24 Å². The maximum absolute atomic E-state index is 4.36. The van der Waals surface area contributed by atoms with Crippen molar-refractivity contribution in [3.05, 3.63) is 120 Å². The summed E-state index contributed by atoms with van der Waals surface area (Å²) >= 11 is 0. The quantitative estimate of drug-likeness (QED) is 0.178. The third-order valence-electron chi connectivity index (χ3n) is 8.42. The lowest BCUT2D eigenvalue weighted by atomic mass is 9.81. The van der Waals surface area contributed by atoms with Crippen LogP contribution in [0.1, 0.15) is 64.5 Å². The van der Waals surface area contributed by atoms with Gasteiger partial charge in [-0.25, -0.2) is 0 Å². The molecule has 0 saturated heterocycles. The van der Waals surface area contributed by atoms with Gasteiger partial charge in [0, 0.05) is 6.04 Å². The number of benzene rings is 1. The van der Waals surface area contributed by atoms with Crippen LogP contribution in [0.15, 0.2) is 109 Å². The molecule has 0 fully saturated rings. The predicted octanol–water partition coefficient (Wildman–Crippen LogP) is 9.47. The minimum atomic E-state index is 0.319. The van der Waals surface area contributed by atoms with Crippen LogP contribution in [0.25, 0.3) is 0 Å². The summed E-state index contributed by atoms with van der Waals surface area (Å²) in [6.07, 6.45) is 32.0. The molecule has 3 atom stereocenters. The summed E-state index contributed by atoms with van der Waals surface area (Å²) in [5, 5.41) is 0. The van der Waals surface area contributed by atoms with Gasteiger partial charge in [-0.15, -0.1) is 0 Å². The standard InChI is InChI=1S/C37H51N/c1-29(28-37(5)25-12-13-26-37)15-14-16-30(2)31(3)22-24-36(38(6)7)32(4)21-23-34-19-10-11-20-35(34)27-33-17-8-9-18-33/h8-20,22,24,31-33,36H,2,21,23,25-28H2,1,3-7H3/b16-14-,24-22-,29-15-. The van der Waals surface area contributed by atoms with Gasteiger partial charge >= 0.3 is 0 Å². The molecule has 0 heterocycles. The lowest BCUT2D eigenvalue weighted by molar-refractivity contribution is 0.257. The zero-order chi connectivity index (χ0) is 27.5. The molecule has 0 radical (unpaired) electrons. The van der Waals surface area contributed by atoms with Crippen LogP contribution in [-0.4, -0.2) is 25.0 Å². The molecule has 1 aromatic rings. The van der Waals surface area contributed by atoms with Crippen LogP contribution >= 0.6 is 0 Å². The summed E-state index contributed by atoms with van der Waals surface area (Å²) in [5.74, 6) is 1.43. The van der Waals surface area contributed by atoms with Crippen molar-refractivity contribution in [1.29, 1.82) is 0 Å². The Hall–Kier alpha value is -2.64. The number of nitrogens with zero attached hydrogens (tertiary/aromatic N) is 1. The summed E-state index contributed by atoms with van der Waals surface area (Å²) in [4.78, 5) is 2.36. The highest BCUT2D eigenvalue weighted by molar-refractivity contribution is 5.31. The van der Waals surface area contributed by atoms with E-state index in [-0.39, 0.29) is 0 Å². The average Bonchev–Trinajstić information content (AvgIpc) is 3.55. The second kappa shape index (κ2) is 14.5. The van der Waals surface area contributed by atoms with Gasteiger partial charge in [0.2, 0.25) is 0 Å². The molecule has 3 rings (SSSR count). The van der Waals surface area contributed by atoms with Crippen LogP contribution in [0.2, 0.25) is 0 Å². The Morgan fingerprint density at radius 3 is 2.37 bits per heavy atom. The summed E-state index contributed by atoms with van der Waals surface area (Å²) in [6, 6.07) is 9.42. The molecule has 0 N–H and O–H groups in total. The average molecular weight is 510 g/mol. The SMILES string of the molecule is C=C(/C=C\C=C(\C)CC1(C)CC=CC1)C(C)/C=C\C(C(C)CCc1ccccc1CC1C=CC=C1)N(C)C. The maximum Gasteiger partial charge on any atom is 0.0298 e. The molecule has 2 aliphatic rings. The maximum atomic E-state index is 4.36. The van der Waals surface area contributed by atoms with Crippen molar-refractivity contribution < 1.29 is 0 Å². The second-order valence-electron chi connectivity index (χ2n) is 12.4. The zero-order valence-electron chi connectivity index (χ0n) is 24.9. The highest BCUT2D eigenvalue weighted by Crippen LogP contribution is 2.38. The third-order valence-corrected chi connectivity index (χ3v) is 8.42. The fourth-order valence-corrected chi connectivity index (χ4v) is 5.88. The van der Waals surface area contributed by atoms with Gasteiger partial charge < -0.3 is 4.90 Å². The Morgan fingerprint density at radius 2 is 1.71 bits per heavy atom. The first-order valence-electron chi connectivity index (χ1n) is 14.6. The van der Waals surface area contributed by atoms with Crippen molar-refractivity contribution in [3.63, 3.8) is 0 Å². The van der Waals surface area contributed by atoms with E-state index in [1.807, 2.05) is 0 Å². The van der Waals surface area contributed by atoms with Gasteiger partial charge in [-0.3, -0.25) is 0 Å². The van der Waals surface area contributed by atoms with E-state index in [9.17, 15) is 0 Å². The minimum Gasteiger partial charge on any atom is -0.303 e. The number of likely N-dealkylation sites (N-methyl/N-ethyl adjacent to an activating group) is 1. The molecule has 0 bridgehead atoms. The molecule has 2 aliphatic carbocycles. The van der Waals surface area contributed by atoms with Gasteiger partial charge in [0.15, 0.2) is 0 Å². The zero-order valence-corrected chi connectivity index (χ0v) is 24.9. The van der Waals surface area contributed by atoms with Crippen LogP contribution < -0.4 is 0 Å². The normalized spacial score (nSPS) is 19.8. The van der Waals surface area contributed by atoms with E-state index in [0.29, 0.717) is 29.2 Å². The van der Waals surface area contributed by atoms with Crippen molar-refractivity contribution in [3.8, 4) is 0 Å². The molecule has 0 amide bonds. The first-order valence-corrected chi connectivity index (χ1v) is 14.6. The molecule has 38 heavy (non-hydrogen) atoms. The third kappa shape index (κ3) is 9.28. The van der Waals surface area contributed by atoms with E-state index in [2.05, 4.69) is 144 Å². The number of rotatable bonds is 14. The van der Waals surface area contributed by atoms with Crippen molar-refractivity contribution >= 4 is 0 Å². The number of hydrogen-bond donors (Lipinski definition) is 0. The van der Waals surface area contributed by atoms with E-state index >= 15 is 0 Å². The Bertz CT molecular complexity index is 1070. The smallest absolute Gasteiger partial charge is 0.0298 e. The molecule has 0 saturated carbocycles. The Labute approximate surface area is 234 Å². The van der Waals surface area contributed by atoms with Crippen LogP contribution in [0.3, 0.4) is 0 Å². The molecule has 0 aromatic heterocycles. The van der Waals surface area contributed by atoms with Gasteiger partial charge in [-0.2, -0.15) is 0 Å². The summed E-state index contributed by atoms with van der Waals surface area (Å²) in [6.45, 7) is 13.7. The van der Waals surface area contributed by atoms with Crippen molar-refractivity contribution in [2.75, 3.05) is 14.1 Å². The van der Waals surface area contributed by atoms with Crippen molar-refractivity contribution in [1.82, 2.24) is 4.90 Å². The van der Waals surface area contributed by atoms with Gasteiger partial charge in [-0.1, -0.05) is 124 Å². The summed E-state index contributed by atoms with van der Waals surface area (Å²) in [5.41, 5.74) is 6.01. The van der Waals surface area contributed by atoms with Crippen LogP contribution in [0, 0.1) is 23.2 Å². The Morgan fingerprint density at radius 1 is 1.05 bits per heavy atom. The fraction of sp³-hybridized carbons (Fsp3) is 0.459. The molecule has 0 spiro atoms. The number of hydrogen-bond acceptors (Lipinski definition) is 1. The van der Waals surface area contributed by atoms with Crippen molar-refractivity contribution in [2.24, 2.45) is 23.2 Å². The van der Waals surface area contributed by atoms with Gasteiger partial charge in [0.25, 0.3) is 0 Å². The van der Waals surface area contributed by atoms with Gasteiger partial charge in [0.1, 0.15) is 0 Å². The predicted molar refractivity (Wildman–Crippen MR) is 168 cm³/mol. The minimum absolute atomic E-state index is 0.319. The largest absolute Gasteiger partial charge is 0.303 e. The van der Waals surface area contributed by atoms with Gasteiger partial charge in [0.05, 0.1) is 0 Å². The molecule has 204 valence electrons. The fourth-order valence-electron chi connectivity index (χ4n) is 5.88. The monoisotopic (exact) mass is 509 g/mol. The molecule has 0 aliphatic heterocycles. The molecule has 1 nitrogen and oxygen atoms in total. The first kappa shape index (κ1) is 29.9. The Kier molecular flexibility index (Phi) is 11.4. The van der Waals surface area contributed by atoms with Crippen LogP contribution in [0.4, 0.5) is 0 Å². The summed E-state index contributed by atoms with van der Waals surface area (Å²) in [7, 11) is 4.40. The van der Waals surface area contributed by atoms with E-state index in [0.717, 1.165) is 24.8 Å². The molecule has 3 unspecified atom stereocenters.